The molecule has 0 unspecified atom stereocenters. The molecule has 2 aliphatic rings. The highest BCUT2D eigenvalue weighted by Gasteiger charge is 2.30. The van der Waals surface area contributed by atoms with E-state index in [1.54, 1.807) is 0 Å². The summed E-state index contributed by atoms with van der Waals surface area (Å²) in [4.78, 5) is 16.0. The van der Waals surface area contributed by atoms with Gasteiger partial charge in [-0.25, -0.2) is 4.79 Å². The molecule has 1 aliphatic carbocycles. The number of carbonyl (C=O) groups is 1. The maximum absolute atomic E-state index is 12.2. The number of carbonyl (C=O) groups excluding carboxylic acids is 1. The zero-order valence-corrected chi connectivity index (χ0v) is 14.2. The fourth-order valence-corrected chi connectivity index (χ4v) is 3.89. The molecule has 0 amide bonds. The Morgan fingerprint density at radius 1 is 1.42 bits per heavy atom. The van der Waals surface area contributed by atoms with E-state index in [1.807, 2.05) is 0 Å². The molecule has 10 heteroatoms. The molecule has 1 aromatic rings. The number of nitrogens with zero attached hydrogens (tertiary/aromatic N) is 4. The highest BCUT2D eigenvalue weighted by molar-refractivity contribution is 7.88. The number of hydrogen-bond acceptors (Lipinski definition) is 7. The number of methoxy groups -OCH3 is 1. The van der Waals surface area contributed by atoms with Crippen LogP contribution >= 0.6 is 0 Å². The molecule has 1 saturated carbocycles. The Kier molecular flexibility index (Phi) is 4.39. The highest BCUT2D eigenvalue weighted by Crippen LogP contribution is 2.33. The van der Waals surface area contributed by atoms with Crippen LogP contribution in [0.3, 0.4) is 0 Å². The maximum atomic E-state index is 12.2. The molecule has 9 nitrogen and oxygen atoms in total. The van der Waals surface area contributed by atoms with E-state index in [0.717, 1.165) is 30.0 Å². The first-order chi connectivity index (χ1) is 11.4. The van der Waals surface area contributed by atoms with Gasteiger partial charge < -0.3 is 9.26 Å². The van der Waals surface area contributed by atoms with Gasteiger partial charge in [0.05, 0.1) is 24.9 Å². The first kappa shape index (κ1) is 16.6. The zero-order chi connectivity index (χ0) is 17.3. The second-order valence-corrected chi connectivity index (χ2v) is 7.31. The van der Waals surface area contributed by atoms with Crippen molar-refractivity contribution in [1.82, 2.24) is 14.4 Å². The molecule has 130 valence electrons. The lowest BCUT2D eigenvalue weighted by Crippen LogP contribution is -2.31. The van der Waals surface area contributed by atoms with Crippen molar-refractivity contribution in [3.05, 3.63) is 23.5 Å². The average molecular weight is 354 g/mol. The van der Waals surface area contributed by atoms with E-state index < -0.39 is 16.2 Å². The number of esters is 1. The third-order valence-electron chi connectivity index (χ3n) is 4.10. The van der Waals surface area contributed by atoms with E-state index in [1.165, 1.54) is 20.2 Å². The van der Waals surface area contributed by atoms with Gasteiger partial charge in [0.25, 0.3) is 0 Å². The van der Waals surface area contributed by atoms with Crippen LogP contribution in [0.25, 0.3) is 0 Å². The summed E-state index contributed by atoms with van der Waals surface area (Å²) < 4.78 is 38.7. The van der Waals surface area contributed by atoms with Crippen molar-refractivity contribution in [2.75, 3.05) is 7.11 Å². The SMILES string of the molecule is COC(=O)C1=CN(Cc2noc(C3CCCC3)n2)S(=O)(=O)N=C1C. The Labute approximate surface area is 139 Å². The summed E-state index contributed by atoms with van der Waals surface area (Å²) in [5.74, 6) is 0.353. The predicted molar refractivity (Wildman–Crippen MR) is 83.2 cm³/mol. The number of hydrogen-bond donors (Lipinski definition) is 0. The molecule has 0 aromatic carbocycles. The fourth-order valence-electron chi connectivity index (χ4n) is 2.83. The molecule has 0 atom stereocenters. The molecule has 0 saturated heterocycles. The third kappa shape index (κ3) is 3.18. The molecule has 24 heavy (non-hydrogen) atoms. The first-order valence-corrected chi connectivity index (χ1v) is 9.01. The van der Waals surface area contributed by atoms with Gasteiger partial charge in [0.1, 0.15) is 0 Å². The van der Waals surface area contributed by atoms with Gasteiger partial charge in [-0.2, -0.15) is 13.4 Å². The smallest absolute Gasteiger partial charge is 0.344 e. The largest absolute Gasteiger partial charge is 0.465 e. The Bertz CT molecular complexity index is 805. The van der Waals surface area contributed by atoms with Gasteiger partial charge in [-0.1, -0.05) is 18.0 Å². The van der Waals surface area contributed by atoms with Crippen molar-refractivity contribution in [3.63, 3.8) is 0 Å². The van der Waals surface area contributed by atoms with Gasteiger partial charge in [-0.05, 0) is 19.8 Å². The summed E-state index contributed by atoms with van der Waals surface area (Å²) in [6, 6.07) is 0. The molecule has 0 bridgehead atoms. The van der Waals surface area contributed by atoms with Crippen LogP contribution < -0.4 is 0 Å². The van der Waals surface area contributed by atoms with Crippen molar-refractivity contribution >= 4 is 21.9 Å². The van der Waals surface area contributed by atoms with Crippen LogP contribution in [0.15, 0.2) is 20.7 Å². The summed E-state index contributed by atoms with van der Waals surface area (Å²) in [6.07, 6.45) is 5.44. The predicted octanol–water partition coefficient (Wildman–Crippen LogP) is 1.31. The molecule has 1 aromatic heterocycles. The minimum Gasteiger partial charge on any atom is -0.465 e. The summed E-state index contributed by atoms with van der Waals surface area (Å²) >= 11 is 0. The van der Waals surface area contributed by atoms with Gasteiger partial charge in [-0.3, -0.25) is 4.31 Å². The van der Waals surface area contributed by atoms with E-state index in [0.29, 0.717) is 5.89 Å². The fraction of sp³-hybridized carbons (Fsp3) is 0.571. The van der Waals surface area contributed by atoms with Crippen LogP contribution in [0, 0.1) is 0 Å². The number of ether oxygens (including phenoxy) is 1. The molecule has 0 spiro atoms. The van der Waals surface area contributed by atoms with E-state index in [4.69, 9.17) is 4.52 Å². The topological polar surface area (TPSA) is 115 Å². The normalized spacial score (nSPS) is 20.7. The van der Waals surface area contributed by atoms with Gasteiger partial charge >= 0.3 is 16.2 Å². The van der Waals surface area contributed by atoms with Gasteiger partial charge in [-0.15, -0.1) is 4.40 Å². The Morgan fingerprint density at radius 2 is 2.12 bits per heavy atom. The van der Waals surface area contributed by atoms with Crippen LogP contribution in [0.2, 0.25) is 0 Å². The molecular formula is C14H18N4O5S. The maximum Gasteiger partial charge on any atom is 0.344 e. The second kappa shape index (κ2) is 6.34. The van der Waals surface area contributed by atoms with Crippen molar-refractivity contribution in [3.8, 4) is 0 Å². The molecular weight excluding hydrogens is 336 g/mol. The minimum atomic E-state index is -3.94. The van der Waals surface area contributed by atoms with Crippen molar-refractivity contribution in [2.45, 2.75) is 45.1 Å². The third-order valence-corrected chi connectivity index (χ3v) is 5.43. The second-order valence-electron chi connectivity index (χ2n) is 5.76. The quantitative estimate of drug-likeness (QED) is 0.748. The lowest BCUT2D eigenvalue weighted by atomic mass is 10.1. The number of rotatable bonds is 4. The van der Waals surface area contributed by atoms with E-state index in [2.05, 4.69) is 19.3 Å². The first-order valence-electron chi connectivity index (χ1n) is 7.62. The summed E-state index contributed by atoms with van der Waals surface area (Å²) in [6.45, 7) is 1.28. The molecule has 0 N–H and O–H groups in total. The Balaban J connectivity index is 1.82. The summed E-state index contributed by atoms with van der Waals surface area (Å²) in [5, 5.41) is 3.84. The Morgan fingerprint density at radius 3 is 2.79 bits per heavy atom. The molecule has 3 rings (SSSR count). The van der Waals surface area contributed by atoms with Gasteiger partial charge in [0.2, 0.25) is 5.89 Å². The van der Waals surface area contributed by atoms with Crippen LogP contribution in [0.1, 0.15) is 50.2 Å². The van der Waals surface area contributed by atoms with Crippen molar-refractivity contribution in [1.29, 1.82) is 0 Å². The minimum absolute atomic E-state index is 0.0758. The van der Waals surface area contributed by atoms with Crippen LogP contribution in [0.5, 0.6) is 0 Å². The summed E-state index contributed by atoms with van der Waals surface area (Å²) in [7, 11) is -2.72. The Hall–Kier alpha value is -2.23. The van der Waals surface area contributed by atoms with Crippen molar-refractivity contribution < 1.29 is 22.5 Å². The van der Waals surface area contributed by atoms with E-state index in [-0.39, 0.29) is 29.6 Å². The van der Waals surface area contributed by atoms with E-state index in [9.17, 15) is 13.2 Å². The van der Waals surface area contributed by atoms with Crippen LogP contribution in [-0.2, 0) is 26.3 Å². The summed E-state index contributed by atoms with van der Waals surface area (Å²) in [5.41, 5.74) is 0.157. The molecule has 2 heterocycles. The monoisotopic (exact) mass is 354 g/mol. The number of aromatic nitrogens is 2. The average Bonchev–Trinajstić information content (AvgIpc) is 3.19. The zero-order valence-electron chi connectivity index (χ0n) is 13.4. The molecule has 1 aliphatic heterocycles. The molecule has 1 fully saturated rings. The highest BCUT2D eigenvalue weighted by atomic mass is 32.2. The lowest BCUT2D eigenvalue weighted by molar-refractivity contribution is -0.135. The van der Waals surface area contributed by atoms with E-state index >= 15 is 0 Å². The van der Waals surface area contributed by atoms with Crippen LogP contribution in [-0.4, -0.2) is 41.7 Å². The standard InChI is InChI=1S/C14H18N4O5S/c1-9-11(14(19)22-2)7-18(24(20,21)17-9)8-12-15-13(23-16-12)10-5-3-4-6-10/h7,10H,3-6,8H2,1-2H3. The van der Waals surface area contributed by atoms with Gasteiger partial charge in [0.15, 0.2) is 5.82 Å². The lowest BCUT2D eigenvalue weighted by Gasteiger charge is -2.21. The molecule has 0 radical (unpaired) electrons. The van der Waals surface area contributed by atoms with Crippen molar-refractivity contribution in [2.24, 2.45) is 4.40 Å². The van der Waals surface area contributed by atoms with Crippen LogP contribution in [0.4, 0.5) is 0 Å². The van der Waals surface area contributed by atoms with Gasteiger partial charge in [0, 0.05) is 12.1 Å².